The summed E-state index contributed by atoms with van der Waals surface area (Å²) in [6.07, 6.45) is 1.97. The topological polar surface area (TPSA) is 80.3 Å². The zero-order valence-electron chi connectivity index (χ0n) is 24.0. The maximum absolute atomic E-state index is 14.4. The number of pyridine rings is 1. The molecule has 3 aliphatic heterocycles. The number of fused-ring (bicyclic) bond motifs is 2. The second-order valence-electron chi connectivity index (χ2n) is 11.7. The minimum atomic E-state index is -0.603. The highest BCUT2D eigenvalue weighted by Gasteiger charge is 2.45. The van der Waals surface area contributed by atoms with Crippen LogP contribution in [0.15, 0.2) is 54.6 Å². The van der Waals surface area contributed by atoms with Gasteiger partial charge in [-0.2, -0.15) is 0 Å². The molecule has 1 saturated carbocycles. The second kappa shape index (κ2) is 10.8. The van der Waals surface area contributed by atoms with E-state index in [0.29, 0.717) is 52.7 Å². The van der Waals surface area contributed by atoms with Crippen molar-refractivity contribution in [2.24, 2.45) is 0 Å². The van der Waals surface area contributed by atoms with Crippen molar-refractivity contribution in [3.8, 4) is 0 Å². The maximum atomic E-state index is 14.4. The molecule has 2 aromatic carbocycles. The summed E-state index contributed by atoms with van der Waals surface area (Å²) < 4.78 is 14.0. The monoisotopic (exact) mass is 584 g/mol. The summed E-state index contributed by atoms with van der Waals surface area (Å²) in [5.41, 5.74) is 2.82. The maximum Gasteiger partial charge on any atom is 0.261 e. The van der Waals surface area contributed by atoms with Crippen molar-refractivity contribution in [2.45, 2.75) is 45.3 Å². The summed E-state index contributed by atoms with van der Waals surface area (Å²) in [6.45, 7) is 4.61. The average molecular weight is 585 g/mol. The van der Waals surface area contributed by atoms with E-state index >= 15 is 0 Å². The zero-order valence-corrected chi connectivity index (χ0v) is 24.0. The minimum Gasteiger partial charge on any atom is -0.340 e. The van der Waals surface area contributed by atoms with E-state index in [9.17, 15) is 18.8 Å². The quantitative estimate of drug-likeness (QED) is 0.455. The molecule has 2 fully saturated rings. The number of rotatable bonds is 4. The van der Waals surface area contributed by atoms with Crippen LogP contribution in [0.3, 0.4) is 0 Å². The lowest BCUT2D eigenvalue weighted by Crippen LogP contribution is -2.52. The fraction of sp³-hybridized carbons (Fsp3) is 0.394. The molecular formula is C33H37FN6O3. The van der Waals surface area contributed by atoms with Gasteiger partial charge in [0.2, 0.25) is 5.91 Å². The fourth-order valence-electron chi connectivity index (χ4n) is 6.54. The molecule has 0 spiro atoms. The predicted molar refractivity (Wildman–Crippen MR) is 164 cm³/mol. The molecule has 1 aliphatic carbocycles. The third kappa shape index (κ3) is 4.64. The molecule has 10 heteroatoms. The first kappa shape index (κ1) is 28.8. The lowest BCUT2D eigenvalue weighted by atomic mass is 9.94. The van der Waals surface area contributed by atoms with Crippen LogP contribution in [-0.4, -0.2) is 84.9 Å². The predicted octanol–water partition coefficient (Wildman–Crippen LogP) is 4.33. The first-order chi connectivity index (χ1) is 20.2. The summed E-state index contributed by atoms with van der Waals surface area (Å²) in [5.74, 6) is 0.228. The molecule has 9 nitrogen and oxygen atoms in total. The molecule has 224 valence electrons. The summed E-state index contributed by atoms with van der Waals surface area (Å²) in [6, 6.07) is 14.4. The van der Waals surface area contributed by atoms with Crippen molar-refractivity contribution in [3.63, 3.8) is 0 Å². The first-order valence-electron chi connectivity index (χ1n) is 14.5. The SMILES string of the molecule is C.CC1C(=O)N(C)c2ccc(N3C(=O)c4c(C(=O)N5CCN(C)CC5)cccc4C3c3ccc(F)cc3)nc2N1C1CC1. The van der Waals surface area contributed by atoms with Gasteiger partial charge in [0.25, 0.3) is 11.8 Å². The van der Waals surface area contributed by atoms with Crippen LogP contribution in [0.4, 0.5) is 21.7 Å². The van der Waals surface area contributed by atoms with Crippen molar-refractivity contribution in [1.29, 1.82) is 0 Å². The third-order valence-corrected chi connectivity index (χ3v) is 9.03. The fourth-order valence-corrected chi connectivity index (χ4v) is 6.54. The molecule has 7 rings (SSSR count). The molecule has 2 unspecified atom stereocenters. The van der Waals surface area contributed by atoms with E-state index in [4.69, 9.17) is 4.98 Å². The van der Waals surface area contributed by atoms with E-state index in [1.165, 1.54) is 12.1 Å². The van der Waals surface area contributed by atoms with Gasteiger partial charge in [-0.25, -0.2) is 9.37 Å². The molecular weight excluding hydrogens is 547 g/mol. The summed E-state index contributed by atoms with van der Waals surface area (Å²) in [7, 11) is 3.78. The van der Waals surface area contributed by atoms with Gasteiger partial charge in [0.15, 0.2) is 5.82 Å². The number of amides is 3. The second-order valence-corrected chi connectivity index (χ2v) is 11.7. The van der Waals surface area contributed by atoms with Gasteiger partial charge in [0, 0.05) is 39.3 Å². The largest absolute Gasteiger partial charge is 0.340 e. The van der Waals surface area contributed by atoms with E-state index in [1.807, 2.05) is 32.2 Å². The van der Waals surface area contributed by atoms with Gasteiger partial charge in [-0.15, -0.1) is 0 Å². The lowest BCUT2D eigenvalue weighted by molar-refractivity contribution is -0.119. The van der Waals surface area contributed by atoms with E-state index < -0.39 is 6.04 Å². The molecule has 3 amide bonds. The lowest BCUT2D eigenvalue weighted by Gasteiger charge is -2.40. The number of benzene rings is 2. The van der Waals surface area contributed by atoms with Crippen LogP contribution in [-0.2, 0) is 4.79 Å². The van der Waals surface area contributed by atoms with Crippen LogP contribution < -0.4 is 14.7 Å². The Labute approximate surface area is 251 Å². The van der Waals surface area contributed by atoms with Gasteiger partial charge in [-0.1, -0.05) is 31.7 Å². The summed E-state index contributed by atoms with van der Waals surface area (Å²) in [5, 5.41) is 0. The Morgan fingerprint density at radius 3 is 2.30 bits per heavy atom. The number of aromatic nitrogens is 1. The highest BCUT2D eigenvalue weighted by Crippen LogP contribution is 2.46. The molecule has 4 heterocycles. The van der Waals surface area contributed by atoms with Crippen molar-refractivity contribution >= 4 is 35.0 Å². The number of carbonyl (C=O) groups excluding carboxylic acids is 3. The van der Waals surface area contributed by atoms with E-state index in [-0.39, 0.29) is 43.0 Å². The van der Waals surface area contributed by atoms with Crippen LogP contribution in [0.1, 0.15) is 65.1 Å². The number of hydrogen-bond donors (Lipinski definition) is 0. The normalized spacial score (nSPS) is 22.0. The molecule has 43 heavy (non-hydrogen) atoms. The Hall–Kier alpha value is -4.31. The number of carbonyl (C=O) groups is 3. The number of likely N-dealkylation sites (N-methyl/N-ethyl adjacent to an activating group) is 2. The Kier molecular flexibility index (Phi) is 7.20. The van der Waals surface area contributed by atoms with E-state index in [0.717, 1.165) is 25.9 Å². The Morgan fingerprint density at radius 1 is 0.930 bits per heavy atom. The van der Waals surface area contributed by atoms with Crippen LogP contribution in [0.25, 0.3) is 0 Å². The molecule has 0 bridgehead atoms. The van der Waals surface area contributed by atoms with E-state index in [2.05, 4.69) is 9.80 Å². The van der Waals surface area contributed by atoms with Crippen LogP contribution >= 0.6 is 0 Å². The van der Waals surface area contributed by atoms with Gasteiger partial charge >= 0.3 is 0 Å². The third-order valence-electron chi connectivity index (χ3n) is 9.03. The number of piperazine rings is 1. The molecule has 4 aliphatic rings. The summed E-state index contributed by atoms with van der Waals surface area (Å²) >= 11 is 0. The van der Waals surface area contributed by atoms with Gasteiger partial charge in [-0.3, -0.25) is 19.3 Å². The molecule has 0 radical (unpaired) electrons. The van der Waals surface area contributed by atoms with E-state index in [1.54, 1.807) is 46.0 Å². The van der Waals surface area contributed by atoms with Crippen molar-refractivity contribution < 1.29 is 18.8 Å². The minimum absolute atomic E-state index is 0. The van der Waals surface area contributed by atoms with Crippen molar-refractivity contribution in [2.75, 3.05) is 55.0 Å². The number of halogens is 1. The molecule has 2 atom stereocenters. The number of anilines is 3. The molecule has 1 aromatic heterocycles. The number of nitrogens with zero attached hydrogens (tertiary/aromatic N) is 6. The average Bonchev–Trinajstić information content (AvgIpc) is 3.79. The van der Waals surface area contributed by atoms with Crippen LogP contribution in [0.5, 0.6) is 0 Å². The van der Waals surface area contributed by atoms with Gasteiger partial charge < -0.3 is 19.6 Å². The van der Waals surface area contributed by atoms with Gasteiger partial charge in [0.1, 0.15) is 17.7 Å². The zero-order chi connectivity index (χ0) is 29.3. The Morgan fingerprint density at radius 2 is 1.63 bits per heavy atom. The Bertz CT molecular complexity index is 1600. The molecule has 0 N–H and O–H groups in total. The molecule has 3 aromatic rings. The van der Waals surface area contributed by atoms with Gasteiger partial charge in [-0.05, 0) is 68.3 Å². The van der Waals surface area contributed by atoms with Crippen molar-refractivity contribution in [1.82, 2.24) is 14.8 Å². The van der Waals surface area contributed by atoms with Crippen LogP contribution in [0.2, 0.25) is 0 Å². The smallest absolute Gasteiger partial charge is 0.261 e. The summed E-state index contributed by atoms with van der Waals surface area (Å²) in [4.78, 5) is 55.6. The highest BCUT2D eigenvalue weighted by molar-refractivity contribution is 6.17. The Balaban J connectivity index is 0.00000329. The number of hydrogen-bond acceptors (Lipinski definition) is 6. The standard InChI is InChI=1S/C32H33FN6O3.CH4/c1-19-30(40)36(3)25-13-14-26(34-29(25)38(19)22-11-12-22)39-28(20-7-9-21(33)10-8-20)23-5-4-6-24(27(23)32(39)42)31(41)37-17-15-35(2)16-18-37;/h4-10,13-14,19,22,28H,11-12,15-18H2,1-3H3;1H4. The van der Waals surface area contributed by atoms with Gasteiger partial charge in [0.05, 0.1) is 22.9 Å². The molecule has 1 saturated heterocycles. The van der Waals surface area contributed by atoms with Crippen molar-refractivity contribution in [3.05, 3.63) is 82.7 Å². The van der Waals surface area contributed by atoms with Crippen LogP contribution in [0, 0.1) is 5.82 Å². The highest BCUT2D eigenvalue weighted by atomic mass is 19.1. The first-order valence-corrected chi connectivity index (χ1v) is 14.5.